The van der Waals surface area contributed by atoms with Gasteiger partial charge in [0.05, 0.1) is 24.0 Å². The lowest BCUT2D eigenvalue weighted by Gasteiger charge is -2.29. The number of ether oxygens (including phenoxy) is 3. The van der Waals surface area contributed by atoms with Crippen LogP contribution in [0.5, 0.6) is 11.5 Å². The Hall–Kier alpha value is -3.77. The van der Waals surface area contributed by atoms with Crippen LogP contribution >= 0.6 is 0 Å². The molecule has 2 aromatic heterocycles. The number of carbonyl (C=O) groups excluding carboxylic acids is 1. The number of fused-ring (bicyclic) bond motifs is 1. The van der Waals surface area contributed by atoms with E-state index < -0.39 is 11.7 Å². The molecule has 0 radical (unpaired) electrons. The summed E-state index contributed by atoms with van der Waals surface area (Å²) in [7, 11) is 1.59. The average Bonchev–Trinajstić information content (AvgIpc) is 3.20. The topological polar surface area (TPSA) is 109 Å². The van der Waals surface area contributed by atoms with Gasteiger partial charge in [-0.15, -0.1) is 0 Å². The minimum absolute atomic E-state index is 0.0785. The van der Waals surface area contributed by atoms with Crippen LogP contribution in [0.2, 0.25) is 0 Å². The van der Waals surface area contributed by atoms with Crippen LogP contribution < -0.4 is 9.64 Å². The molecule has 2 heterocycles. The second-order valence-corrected chi connectivity index (χ2v) is 8.06. The normalized spacial score (nSPS) is 11.2. The zero-order chi connectivity index (χ0) is 23.5. The van der Waals surface area contributed by atoms with Crippen LogP contribution in [0.15, 0.2) is 36.5 Å². The first kappa shape index (κ1) is 22.9. The number of anilines is 2. The second kappa shape index (κ2) is 9.16. The van der Waals surface area contributed by atoms with Gasteiger partial charge in [0.25, 0.3) is 0 Å². The zero-order valence-electron chi connectivity index (χ0n) is 18.7. The third-order valence-corrected chi connectivity index (χ3v) is 4.58. The molecule has 1 amide bonds. The number of aromatic nitrogens is 2. The van der Waals surface area contributed by atoms with Crippen LogP contribution in [0.4, 0.5) is 16.3 Å². The van der Waals surface area contributed by atoms with Crippen molar-refractivity contribution >= 4 is 23.1 Å². The number of nitriles is 1. The van der Waals surface area contributed by atoms with E-state index in [1.807, 2.05) is 6.07 Å². The molecule has 3 rings (SSSR count). The Labute approximate surface area is 186 Å². The van der Waals surface area contributed by atoms with Crippen LogP contribution in [0.1, 0.15) is 31.9 Å². The van der Waals surface area contributed by atoms with Crippen LogP contribution in [-0.4, -0.2) is 46.7 Å². The third-order valence-electron chi connectivity index (χ3n) is 4.58. The van der Waals surface area contributed by atoms with Crippen molar-refractivity contribution in [2.45, 2.75) is 33.3 Å². The number of amides is 1. The quantitative estimate of drug-likeness (QED) is 0.571. The highest BCUT2D eigenvalue weighted by molar-refractivity contribution is 5.97. The van der Waals surface area contributed by atoms with Gasteiger partial charge in [0, 0.05) is 12.7 Å². The summed E-state index contributed by atoms with van der Waals surface area (Å²) in [6.07, 6.45) is 0.841. The van der Waals surface area contributed by atoms with Gasteiger partial charge in [0.1, 0.15) is 35.3 Å². The minimum atomic E-state index is -0.760. The van der Waals surface area contributed by atoms with Gasteiger partial charge in [0.15, 0.2) is 5.82 Å². The molecule has 0 aliphatic rings. The molecule has 1 N–H and O–H groups in total. The minimum Gasteiger partial charge on any atom is -0.506 e. The molecule has 0 saturated carbocycles. The fourth-order valence-corrected chi connectivity index (χ4v) is 3.16. The van der Waals surface area contributed by atoms with Crippen molar-refractivity contribution in [2.75, 3.05) is 25.2 Å². The van der Waals surface area contributed by atoms with Crippen LogP contribution in [0.25, 0.3) is 5.52 Å². The molecule has 0 spiro atoms. The number of benzene rings is 1. The Kier molecular flexibility index (Phi) is 6.55. The number of nitrogens with zero attached hydrogens (tertiary/aromatic N) is 4. The van der Waals surface area contributed by atoms with Crippen molar-refractivity contribution in [1.82, 2.24) is 9.61 Å². The van der Waals surface area contributed by atoms with Crippen molar-refractivity contribution in [3.8, 4) is 17.6 Å². The molecule has 0 aliphatic heterocycles. The first-order chi connectivity index (χ1) is 15.2. The Balaban J connectivity index is 2.15. The second-order valence-electron chi connectivity index (χ2n) is 8.06. The first-order valence-electron chi connectivity index (χ1n) is 10.0. The van der Waals surface area contributed by atoms with E-state index in [9.17, 15) is 15.2 Å². The summed E-state index contributed by atoms with van der Waals surface area (Å²) in [5.41, 5.74) is 0.476. The van der Waals surface area contributed by atoms with E-state index in [-0.39, 0.29) is 17.1 Å². The summed E-state index contributed by atoms with van der Waals surface area (Å²) in [5, 5.41) is 24.5. The number of methoxy groups -OCH3 is 1. The van der Waals surface area contributed by atoms with Gasteiger partial charge in [-0.05, 0) is 58.0 Å². The first-order valence-corrected chi connectivity index (χ1v) is 10.0. The number of hydrogen-bond acceptors (Lipinski definition) is 7. The lowest BCUT2D eigenvalue weighted by atomic mass is 10.1. The Morgan fingerprint density at radius 2 is 1.91 bits per heavy atom. The fraction of sp³-hybridized carbons (Fsp3) is 0.348. The van der Waals surface area contributed by atoms with Gasteiger partial charge >= 0.3 is 6.09 Å². The van der Waals surface area contributed by atoms with Crippen molar-refractivity contribution in [3.63, 3.8) is 0 Å². The molecule has 0 bridgehead atoms. The summed E-state index contributed by atoms with van der Waals surface area (Å²) in [6.45, 7) is 7.76. The van der Waals surface area contributed by atoms with Gasteiger partial charge in [-0.25, -0.2) is 14.2 Å². The Morgan fingerprint density at radius 3 is 2.50 bits per heavy atom. The monoisotopic (exact) mass is 438 g/mol. The maximum absolute atomic E-state index is 13.3. The Morgan fingerprint density at radius 1 is 1.22 bits per heavy atom. The molecule has 9 heteroatoms. The summed E-state index contributed by atoms with van der Waals surface area (Å²) in [4.78, 5) is 14.6. The van der Waals surface area contributed by atoms with E-state index in [2.05, 4.69) is 5.10 Å². The molecule has 3 aromatic rings. The summed E-state index contributed by atoms with van der Waals surface area (Å²) in [6, 6.07) is 10.5. The molecular weight excluding hydrogens is 412 g/mol. The molecule has 0 atom stereocenters. The maximum Gasteiger partial charge on any atom is 0.420 e. The van der Waals surface area contributed by atoms with E-state index in [1.165, 1.54) is 15.6 Å². The highest BCUT2D eigenvalue weighted by atomic mass is 16.6. The lowest BCUT2D eigenvalue weighted by molar-refractivity contribution is 0.0597. The molecule has 168 valence electrons. The molecule has 0 saturated heterocycles. The molecule has 0 aliphatic carbocycles. The van der Waals surface area contributed by atoms with E-state index in [0.717, 1.165) is 0 Å². The number of hydrogen-bond donors (Lipinski definition) is 1. The molecule has 1 aromatic carbocycles. The van der Waals surface area contributed by atoms with Gasteiger partial charge in [-0.2, -0.15) is 10.4 Å². The summed E-state index contributed by atoms with van der Waals surface area (Å²) < 4.78 is 17.7. The predicted octanol–water partition coefficient (Wildman–Crippen LogP) is 4.32. The third kappa shape index (κ3) is 4.60. The number of aromatic hydroxyl groups is 1. The maximum atomic E-state index is 13.3. The van der Waals surface area contributed by atoms with E-state index in [0.29, 0.717) is 35.7 Å². The van der Waals surface area contributed by atoms with Crippen molar-refractivity contribution in [1.29, 1.82) is 5.26 Å². The van der Waals surface area contributed by atoms with Crippen LogP contribution in [0.3, 0.4) is 0 Å². The van der Waals surface area contributed by atoms with E-state index in [1.54, 1.807) is 65.1 Å². The molecule has 9 nitrogen and oxygen atoms in total. The van der Waals surface area contributed by atoms with E-state index in [4.69, 9.17) is 14.2 Å². The average molecular weight is 438 g/mol. The highest BCUT2D eigenvalue weighted by Gasteiger charge is 2.30. The van der Waals surface area contributed by atoms with Crippen LogP contribution in [0, 0.1) is 18.3 Å². The van der Waals surface area contributed by atoms with Gasteiger partial charge < -0.3 is 19.3 Å². The van der Waals surface area contributed by atoms with Crippen molar-refractivity contribution in [3.05, 3.63) is 47.7 Å². The standard InChI is InChI=1S/C23H26N4O5/c1-15-20(28)18(14-24)19-10-11-25-27(19)21(15)26(22(29)32-23(2,3)4)16-6-8-17(9-7-16)31-13-12-30-5/h6-11,28H,12-13H2,1-5H3. The zero-order valence-corrected chi connectivity index (χ0v) is 18.7. The predicted molar refractivity (Wildman–Crippen MR) is 118 cm³/mol. The number of rotatable bonds is 6. The summed E-state index contributed by atoms with van der Waals surface area (Å²) >= 11 is 0. The number of carbonyl (C=O) groups is 1. The fourth-order valence-electron chi connectivity index (χ4n) is 3.16. The molecular formula is C23H26N4O5. The van der Waals surface area contributed by atoms with Gasteiger partial charge in [0.2, 0.25) is 0 Å². The van der Waals surface area contributed by atoms with Gasteiger partial charge in [-0.1, -0.05) is 0 Å². The lowest BCUT2D eigenvalue weighted by Crippen LogP contribution is -2.35. The number of pyridine rings is 1. The van der Waals surface area contributed by atoms with Crippen molar-refractivity contribution < 1.29 is 24.1 Å². The Bertz CT molecular complexity index is 1160. The van der Waals surface area contributed by atoms with Gasteiger partial charge in [-0.3, -0.25) is 0 Å². The smallest absolute Gasteiger partial charge is 0.420 e. The van der Waals surface area contributed by atoms with E-state index >= 15 is 0 Å². The van der Waals surface area contributed by atoms with Crippen LogP contribution in [-0.2, 0) is 9.47 Å². The van der Waals surface area contributed by atoms with Crippen molar-refractivity contribution in [2.24, 2.45) is 0 Å². The molecule has 0 fully saturated rings. The molecule has 0 unspecified atom stereocenters. The highest BCUT2D eigenvalue weighted by Crippen LogP contribution is 2.38. The summed E-state index contributed by atoms with van der Waals surface area (Å²) in [5.74, 6) is 0.658. The largest absolute Gasteiger partial charge is 0.506 e. The SMILES string of the molecule is COCCOc1ccc(N(C(=O)OC(C)(C)C)c2c(C)c(O)c(C#N)c3ccnn23)cc1. The molecule has 32 heavy (non-hydrogen) atoms.